The maximum Gasteiger partial charge on any atom is 0.254 e. The van der Waals surface area contributed by atoms with Crippen molar-refractivity contribution in [1.29, 1.82) is 0 Å². The number of nitrogens with two attached hydrogens (primary N) is 1. The number of aryl methyl sites for hydroxylation is 1. The van der Waals surface area contributed by atoms with Crippen LogP contribution in [0.15, 0.2) is 54.6 Å². The van der Waals surface area contributed by atoms with Gasteiger partial charge in [-0.1, -0.05) is 12.1 Å². The van der Waals surface area contributed by atoms with Crippen molar-refractivity contribution >= 4 is 39.6 Å². The average molecular weight is 640 g/mol. The van der Waals surface area contributed by atoms with Gasteiger partial charge < -0.3 is 34.6 Å². The van der Waals surface area contributed by atoms with Crippen LogP contribution in [0.2, 0.25) is 0 Å². The van der Waals surface area contributed by atoms with Crippen LogP contribution in [0.5, 0.6) is 5.75 Å². The second-order valence-corrected chi connectivity index (χ2v) is 12.6. The summed E-state index contributed by atoms with van der Waals surface area (Å²) >= 11 is 0. The Kier molecular flexibility index (Phi) is 8.15. The Morgan fingerprint density at radius 2 is 1.83 bits per heavy atom. The smallest absolute Gasteiger partial charge is 0.254 e. The molecular formula is C35H38FN7O4. The van der Waals surface area contributed by atoms with Crippen LogP contribution in [0.4, 0.5) is 10.1 Å². The third-order valence-electron chi connectivity index (χ3n) is 8.97. The van der Waals surface area contributed by atoms with Crippen LogP contribution in [-0.2, 0) is 23.1 Å². The lowest BCUT2D eigenvalue weighted by molar-refractivity contribution is -0.119. The normalized spacial score (nSPS) is 18.2. The summed E-state index contributed by atoms with van der Waals surface area (Å²) < 4.78 is 29.2. The molecule has 3 aromatic heterocycles. The number of halogens is 1. The van der Waals surface area contributed by atoms with Crippen LogP contribution < -0.4 is 15.8 Å². The number of benzene rings is 2. The molecule has 2 amide bonds. The lowest BCUT2D eigenvalue weighted by Crippen LogP contribution is -2.50. The van der Waals surface area contributed by atoms with Gasteiger partial charge in [-0.25, -0.2) is 14.4 Å². The highest BCUT2D eigenvalue weighted by atomic mass is 19.1. The number of hydrogen-bond donors (Lipinski definition) is 2. The molecule has 0 radical (unpaired) electrons. The number of nitrogens with zero attached hydrogens (tertiary/aromatic N) is 5. The average Bonchev–Trinajstić information content (AvgIpc) is 3.73. The van der Waals surface area contributed by atoms with Crippen molar-refractivity contribution in [2.24, 2.45) is 18.7 Å². The van der Waals surface area contributed by atoms with E-state index in [9.17, 15) is 14.0 Å². The highest BCUT2D eigenvalue weighted by Gasteiger charge is 2.30. The monoisotopic (exact) mass is 639 g/mol. The van der Waals surface area contributed by atoms with Crippen molar-refractivity contribution in [2.45, 2.75) is 38.0 Å². The Labute approximate surface area is 271 Å². The fraction of sp³-hybridized carbons (Fsp3) is 0.371. The SMILES string of the molecule is COCC(=O)Nc1ccc(-c2ccc3cc(-c4nc5cc(C(=O)N6C[C@H](N)C[C@@H](F)C6)cc(OC)c5n4C)n(CC4CC4)c3n2)cc1. The third-order valence-corrected chi connectivity index (χ3v) is 8.97. The number of imidazole rings is 1. The van der Waals surface area contributed by atoms with Gasteiger partial charge in [0.1, 0.15) is 29.7 Å². The van der Waals surface area contributed by atoms with Gasteiger partial charge in [-0.3, -0.25) is 9.59 Å². The number of ether oxygens (including phenoxy) is 2. The largest absolute Gasteiger partial charge is 0.494 e. The molecule has 47 heavy (non-hydrogen) atoms. The molecule has 1 saturated carbocycles. The summed E-state index contributed by atoms with van der Waals surface area (Å²) in [6.07, 6.45) is 1.43. The lowest BCUT2D eigenvalue weighted by Gasteiger charge is -2.33. The maximum absolute atomic E-state index is 14.3. The number of carbonyl (C=O) groups excluding carboxylic acids is 2. The van der Waals surface area contributed by atoms with Gasteiger partial charge >= 0.3 is 0 Å². The van der Waals surface area contributed by atoms with Crippen molar-refractivity contribution in [2.75, 3.05) is 39.2 Å². The Morgan fingerprint density at radius 1 is 1.04 bits per heavy atom. The summed E-state index contributed by atoms with van der Waals surface area (Å²) in [5, 5.41) is 3.81. The summed E-state index contributed by atoms with van der Waals surface area (Å²) in [5.41, 5.74) is 12.0. The Morgan fingerprint density at radius 3 is 2.53 bits per heavy atom. The molecular weight excluding hydrogens is 601 g/mol. The number of nitrogens with one attached hydrogen (secondary N) is 1. The highest BCUT2D eigenvalue weighted by Crippen LogP contribution is 2.38. The molecule has 1 aliphatic heterocycles. The van der Waals surface area contributed by atoms with Gasteiger partial charge in [0.2, 0.25) is 5.91 Å². The number of hydrogen-bond acceptors (Lipinski definition) is 7. The second-order valence-electron chi connectivity index (χ2n) is 12.6. The minimum atomic E-state index is -1.15. The van der Waals surface area contributed by atoms with Gasteiger partial charge in [-0.05, 0) is 67.6 Å². The minimum absolute atomic E-state index is 0.00740. The molecule has 3 N–H and O–H groups in total. The fourth-order valence-corrected chi connectivity index (χ4v) is 6.51. The molecule has 11 nitrogen and oxygen atoms in total. The van der Waals surface area contributed by atoms with Crippen molar-refractivity contribution in [3.63, 3.8) is 0 Å². The van der Waals surface area contributed by atoms with E-state index in [1.54, 1.807) is 19.2 Å². The first kappa shape index (κ1) is 30.8. The second kappa shape index (κ2) is 12.4. The number of likely N-dealkylation sites (tertiary alicyclic amines) is 1. The third kappa shape index (κ3) is 6.06. The summed E-state index contributed by atoms with van der Waals surface area (Å²) in [6, 6.07) is 16.8. The number of methoxy groups -OCH3 is 2. The Bertz CT molecular complexity index is 1970. The predicted molar refractivity (Wildman–Crippen MR) is 178 cm³/mol. The zero-order valence-corrected chi connectivity index (χ0v) is 26.7. The number of pyridine rings is 1. The van der Waals surface area contributed by atoms with E-state index in [0.29, 0.717) is 35.0 Å². The molecule has 2 fully saturated rings. The van der Waals surface area contributed by atoms with Crippen LogP contribution in [0.3, 0.4) is 0 Å². The molecule has 0 bridgehead atoms. The molecule has 2 aromatic carbocycles. The van der Waals surface area contributed by atoms with Gasteiger partial charge in [-0.2, -0.15) is 0 Å². The number of rotatable bonds is 9. The molecule has 0 unspecified atom stereocenters. The number of anilines is 1. The standard InChI is InChI=1S/C35H38FN7O4/c1-41-32-28(12-23(14-30(32)47-3)35(45)42-17-24(36)15-25(37)18-42)40-34(41)29-13-22-8-11-27(39-33(22)43(29)16-20-4-5-20)21-6-9-26(10-7-21)38-31(44)19-46-2/h6-14,20,24-25H,4-5,15-19,37H2,1-3H3,(H,38,44)/t24-,25-/m1/s1. The van der Waals surface area contributed by atoms with E-state index in [4.69, 9.17) is 25.2 Å². The number of amides is 2. The van der Waals surface area contributed by atoms with Gasteiger partial charge in [0.15, 0.2) is 5.82 Å². The molecule has 2 atom stereocenters. The molecule has 244 valence electrons. The van der Waals surface area contributed by atoms with Crippen molar-refractivity contribution in [3.8, 4) is 28.5 Å². The van der Waals surface area contributed by atoms with Crippen LogP contribution >= 0.6 is 0 Å². The summed E-state index contributed by atoms with van der Waals surface area (Å²) in [4.78, 5) is 37.0. The maximum atomic E-state index is 14.3. The molecule has 2 aliphatic rings. The topological polar surface area (TPSA) is 130 Å². The van der Waals surface area contributed by atoms with Crippen molar-refractivity contribution in [1.82, 2.24) is 24.0 Å². The van der Waals surface area contributed by atoms with Crippen LogP contribution in [0.1, 0.15) is 29.6 Å². The van der Waals surface area contributed by atoms with Gasteiger partial charge in [-0.15, -0.1) is 0 Å². The summed E-state index contributed by atoms with van der Waals surface area (Å²) in [6.45, 7) is 1.13. The minimum Gasteiger partial charge on any atom is -0.494 e. The van der Waals surface area contributed by atoms with Crippen molar-refractivity contribution < 1.29 is 23.5 Å². The fourth-order valence-electron chi connectivity index (χ4n) is 6.51. The quantitative estimate of drug-likeness (QED) is 0.238. The van der Waals surface area contributed by atoms with Crippen LogP contribution in [-0.4, -0.2) is 81.9 Å². The van der Waals surface area contributed by atoms with Gasteiger partial charge in [0.25, 0.3) is 5.91 Å². The summed E-state index contributed by atoms with van der Waals surface area (Å²) in [5.74, 6) is 1.29. The number of piperidine rings is 1. The van der Waals surface area contributed by atoms with Crippen LogP contribution in [0, 0.1) is 5.92 Å². The van der Waals surface area contributed by atoms with E-state index in [1.807, 2.05) is 41.9 Å². The number of fused-ring (bicyclic) bond motifs is 2. The zero-order chi connectivity index (χ0) is 32.8. The van der Waals surface area contributed by atoms with Crippen molar-refractivity contribution in [3.05, 3.63) is 60.2 Å². The molecule has 1 aliphatic carbocycles. The molecule has 5 aromatic rings. The van der Waals surface area contributed by atoms with Gasteiger partial charge in [0.05, 0.1) is 30.6 Å². The number of carbonyl (C=O) groups is 2. The van der Waals surface area contributed by atoms with E-state index in [1.165, 1.54) is 12.0 Å². The number of aromatic nitrogens is 4. The van der Waals surface area contributed by atoms with E-state index >= 15 is 0 Å². The first-order valence-electron chi connectivity index (χ1n) is 15.9. The van der Waals surface area contributed by atoms with Gasteiger partial charge in [0, 0.05) is 55.5 Å². The molecule has 12 heteroatoms. The van der Waals surface area contributed by atoms with E-state index in [2.05, 4.69) is 22.0 Å². The molecule has 0 spiro atoms. The highest BCUT2D eigenvalue weighted by molar-refractivity contribution is 6.00. The van der Waals surface area contributed by atoms with E-state index < -0.39 is 12.2 Å². The molecule has 7 rings (SSSR count). The Balaban J connectivity index is 1.27. The van der Waals surface area contributed by atoms with E-state index in [-0.39, 0.29) is 31.4 Å². The first-order chi connectivity index (χ1) is 22.7. The van der Waals surface area contributed by atoms with Crippen LogP contribution in [0.25, 0.3) is 44.8 Å². The predicted octanol–water partition coefficient (Wildman–Crippen LogP) is 4.77. The Hall–Kier alpha value is -4.81. The summed E-state index contributed by atoms with van der Waals surface area (Å²) in [7, 11) is 4.99. The molecule has 1 saturated heterocycles. The zero-order valence-electron chi connectivity index (χ0n) is 26.7. The number of alkyl halides is 1. The van der Waals surface area contributed by atoms with E-state index in [0.717, 1.165) is 58.7 Å². The lowest BCUT2D eigenvalue weighted by atomic mass is 10.0. The first-order valence-corrected chi connectivity index (χ1v) is 15.9. The molecule has 4 heterocycles.